The van der Waals surface area contributed by atoms with Crippen molar-refractivity contribution in [1.82, 2.24) is 10.2 Å². The summed E-state index contributed by atoms with van der Waals surface area (Å²) < 4.78 is 0. The molecule has 0 unspecified atom stereocenters. The molecule has 2 heterocycles. The molecule has 5 nitrogen and oxygen atoms in total. The van der Waals surface area contributed by atoms with Gasteiger partial charge in [-0.15, -0.1) is 0 Å². The van der Waals surface area contributed by atoms with Crippen molar-refractivity contribution >= 4 is 28.9 Å². The molecule has 3 rings (SSSR count). The van der Waals surface area contributed by atoms with Gasteiger partial charge in [0, 0.05) is 16.8 Å². The lowest BCUT2D eigenvalue weighted by molar-refractivity contribution is 1.06. The summed E-state index contributed by atoms with van der Waals surface area (Å²) >= 11 is 0. The van der Waals surface area contributed by atoms with Crippen LogP contribution in [0.5, 0.6) is 0 Å². The van der Waals surface area contributed by atoms with E-state index in [4.69, 9.17) is 5.73 Å². The lowest BCUT2D eigenvalue weighted by atomic mass is 10.0. The third-order valence-corrected chi connectivity index (χ3v) is 3.01. The Hall–Kier alpha value is -2.56. The van der Waals surface area contributed by atoms with E-state index in [2.05, 4.69) is 15.2 Å². The summed E-state index contributed by atoms with van der Waals surface area (Å²) in [5.41, 5.74) is 9.69. The van der Waals surface area contributed by atoms with E-state index in [1.54, 1.807) is 6.08 Å². The summed E-state index contributed by atoms with van der Waals surface area (Å²) in [6.45, 7) is 1.92. The zero-order valence-corrected chi connectivity index (χ0v) is 9.82. The molecule has 4 N–H and O–H groups in total. The second-order valence-electron chi connectivity index (χ2n) is 4.18. The topological polar surface area (TPSA) is 87.0 Å². The first-order chi connectivity index (χ1) is 8.66. The van der Waals surface area contributed by atoms with Gasteiger partial charge in [-0.25, -0.2) is 0 Å². The number of nitrogen functional groups attached to an aromatic ring is 1. The summed E-state index contributed by atoms with van der Waals surface area (Å²) in [6, 6.07) is 7.82. The molecule has 2 aromatic rings. The zero-order chi connectivity index (χ0) is 12.7. The number of anilines is 1. The fraction of sp³-hybridized carbons (Fsp3) is 0.0769. The van der Waals surface area contributed by atoms with Gasteiger partial charge in [0.25, 0.3) is 5.56 Å². The van der Waals surface area contributed by atoms with Crippen molar-refractivity contribution in [3.8, 4) is 0 Å². The van der Waals surface area contributed by atoms with E-state index in [0.29, 0.717) is 11.4 Å². The maximum atomic E-state index is 11.6. The molecule has 1 aromatic heterocycles. The van der Waals surface area contributed by atoms with Crippen molar-refractivity contribution in [1.29, 1.82) is 0 Å². The predicted molar refractivity (Wildman–Crippen MR) is 72.9 cm³/mol. The van der Waals surface area contributed by atoms with Gasteiger partial charge >= 0.3 is 0 Å². The Labute approximate surface area is 103 Å². The second kappa shape index (κ2) is 3.73. The van der Waals surface area contributed by atoms with Crippen LogP contribution in [0.25, 0.3) is 11.6 Å². The number of benzene rings is 1. The lowest BCUT2D eigenvalue weighted by Gasteiger charge is -2.00. The minimum atomic E-state index is -0.225. The molecule has 5 heteroatoms. The first-order valence-corrected chi connectivity index (χ1v) is 5.59. The van der Waals surface area contributed by atoms with E-state index in [-0.39, 0.29) is 5.56 Å². The smallest absolute Gasteiger partial charge is 0.273 e. The van der Waals surface area contributed by atoms with Gasteiger partial charge < -0.3 is 5.73 Å². The van der Waals surface area contributed by atoms with Crippen LogP contribution in [0, 0.1) is 0 Å². The van der Waals surface area contributed by atoms with Gasteiger partial charge in [0.1, 0.15) is 5.82 Å². The first-order valence-electron chi connectivity index (χ1n) is 5.59. The van der Waals surface area contributed by atoms with Gasteiger partial charge in [-0.1, -0.05) is 18.2 Å². The molecular formula is C13H12N4O. The van der Waals surface area contributed by atoms with Gasteiger partial charge in [-0.05, 0) is 19.1 Å². The second-order valence-corrected chi connectivity index (χ2v) is 4.18. The highest BCUT2D eigenvalue weighted by Gasteiger charge is 2.18. The Balaban J connectivity index is 2.20. The minimum Gasteiger partial charge on any atom is -0.384 e. The van der Waals surface area contributed by atoms with Crippen molar-refractivity contribution < 1.29 is 0 Å². The Kier molecular flexibility index (Phi) is 2.19. The molecule has 0 radical (unpaired) electrons. The molecule has 0 fully saturated rings. The highest BCUT2D eigenvalue weighted by atomic mass is 16.1. The molecule has 1 aliphatic rings. The molecule has 1 aromatic carbocycles. The molecule has 18 heavy (non-hydrogen) atoms. The lowest BCUT2D eigenvalue weighted by Crippen LogP contribution is -2.03. The molecule has 0 bridgehead atoms. The third kappa shape index (κ3) is 1.48. The predicted octanol–water partition coefficient (Wildman–Crippen LogP) is 1.93. The van der Waals surface area contributed by atoms with Crippen LogP contribution >= 0.6 is 0 Å². The average Bonchev–Trinajstić information content (AvgIpc) is 2.84. The number of H-pyrrole nitrogens is 2. The molecule has 0 amide bonds. The molecule has 0 saturated carbocycles. The summed E-state index contributed by atoms with van der Waals surface area (Å²) in [7, 11) is 0. The standard InChI is InChI=1S/C13H12N4O/c1-7-9(6-10-12(14)16-17-13(10)18)8-4-2-3-5-11(8)15-7/h2-6H,1H3,(H4,14,16,17,18)/b9-6-. The molecular weight excluding hydrogens is 228 g/mol. The minimum absolute atomic E-state index is 0.225. The number of nitrogens with zero attached hydrogens (tertiary/aromatic N) is 1. The Morgan fingerprint density at radius 3 is 2.78 bits per heavy atom. The number of aliphatic imine (C=N–C) groups is 1. The molecule has 0 spiro atoms. The van der Waals surface area contributed by atoms with Gasteiger partial charge in [0.15, 0.2) is 0 Å². The van der Waals surface area contributed by atoms with E-state index < -0.39 is 0 Å². The van der Waals surface area contributed by atoms with E-state index in [1.807, 2.05) is 31.2 Å². The number of hydrogen-bond acceptors (Lipinski definition) is 3. The van der Waals surface area contributed by atoms with Crippen LogP contribution in [0.2, 0.25) is 0 Å². The summed E-state index contributed by atoms with van der Waals surface area (Å²) in [6.07, 6.45) is 1.77. The van der Waals surface area contributed by atoms with Gasteiger partial charge in [0.2, 0.25) is 0 Å². The van der Waals surface area contributed by atoms with Gasteiger partial charge in [-0.3, -0.25) is 20.0 Å². The number of aromatic amines is 2. The average molecular weight is 240 g/mol. The number of hydrogen-bond donors (Lipinski definition) is 3. The fourth-order valence-corrected chi connectivity index (χ4v) is 2.09. The quantitative estimate of drug-likeness (QED) is 0.711. The van der Waals surface area contributed by atoms with Crippen LogP contribution in [0.1, 0.15) is 18.1 Å². The monoisotopic (exact) mass is 240 g/mol. The van der Waals surface area contributed by atoms with E-state index in [9.17, 15) is 4.79 Å². The van der Waals surface area contributed by atoms with E-state index in [0.717, 1.165) is 22.5 Å². The summed E-state index contributed by atoms with van der Waals surface area (Å²) in [5.74, 6) is 0.338. The highest BCUT2D eigenvalue weighted by molar-refractivity contribution is 6.31. The Morgan fingerprint density at radius 2 is 2.06 bits per heavy atom. The number of aromatic nitrogens is 2. The number of rotatable bonds is 1. The molecule has 1 aliphatic heterocycles. The van der Waals surface area contributed by atoms with Crippen LogP contribution in [-0.4, -0.2) is 15.9 Å². The molecule has 0 aliphatic carbocycles. The Bertz CT molecular complexity index is 733. The largest absolute Gasteiger partial charge is 0.384 e. The fourth-order valence-electron chi connectivity index (χ4n) is 2.09. The summed E-state index contributed by atoms with van der Waals surface area (Å²) in [5, 5.41) is 5.07. The molecule has 0 atom stereocenters. The Morgan fingerprint density at radius 1 is 1.28 bits per heavy atom. The van der Waals surface area contributed by atoms with Gasteiger partial charge in [-0.2, -0.15) is 0 Å². The maximum Gasteiger partial charge on any atom is 0.273 e. The van der Waals surface area contributed by atoms with Crippen LogP contribution in [-0.2, 0) is 0 Å². The van der Waals surface area contributed by atoms with Crippen molar-refractivity contribution in [3.63, 3.8) is 0 Å². The number of nitrogens with one attached hydrogen (secondary N) is 2. The van der Waals surface area contributed by atoms with Crippen molar-refractivity contribution in [2.75, 3.05) is 5.73 Å². The van der Waals surface area contributed by atoms with Gasteiger partial charge in [0.05, 0.1) is 11.3 Å². The van der Waals surface area contributed by atoms with Crippen molar-refractivity contribution in [2.24, 2.45) is 4.99 Å². The highest BCUT2D eigenvalue weighted by Crippen LogP contribution is 2.35. The van der Waals surface area contributed by atoms with Crippen molar-refractivity contribution in [2.45, 2.75) is 6.92 Å². The number of fused-ring (bicyclic) bond motifs is 1. The first kappa shape index (κ1) is 10.6. The third-order valence-electron chi connectivity index (χ3n) is 3.01. The van der Waals surface area contributed by atoms with Crippen LogP contribution in [0.4, 0.5) is 11.5 Å². The maximum absolute atomic E-state index is 11.6. The molecule has 90 valence electrons. The van der Waals surface area contributed by atoms with Crippen LogP contribution < -0.4 is 11.3 Å². The number of para-hydroxylation sites is 1. The molecule has 0 saturated heterocycles. The SMILES string of the molecule is CC1=Nc2ccccc2/C1=C\c1c(N)[nH][nH]c1=O. The normalized spacial score (nSPS) is 15.8. The van der Waals surface area contributed by atoms with Crippen LogP contribution in [0.15, 0.2) is 34.1 Å². The van der Waals surface area contributed by atoms with E-state index in [1.165, 1.54) is 0 Å². The number of nitrogens with two attached hydrogens (primary N) is 1. The number of allylic oxidation sites excluding steroid dienone is 1. The van der Waals surface area contributed by atoms with Crippen molar-refractivity contribution in [3.05, 3.63) is 45.7 Å². The van der Waals surface area contributed by atoms with E-state index >= 15 is 0 Å². The summed E-state index contributed by atoms with van der Waals surface area (Å²) in [4.78, 5) is 16.1. The van der Waals surface area contributed by atoms with Crippen LogP contribution in [0.3, 0.4) is 0 Å². The zero-order valence-electron chi connectivity index (χ0n) is 9.82.